The van der Waals surface area contributed by atoms with Crippen LogP contribution in [0.15, 0.2) is 60.8 Å². The van der Waals surface area contributed by atoms with Crippen LogP contribution in [-0.2, 0) is 11.3 Å². The molecule has 0 aliphatic rings. The van der Waals surface area contributed by atoms with Gasteiger partial charge in [0, 0.05) is 23.7 Å². The maximum absolute atomic E-state index is 12.6. The smallest absolute Gasteiger partial charge is 0.271 e. The molecule has 2 heterocycles. The molecule has 1 amide bonds. The molecule has 9 heteroatoms. The van der Waals surface area contributed by atoms with E-state index in [0.29, 0.717) is 11.3 Å². The summed E-state index contributed by atoms with van der Waals surface area (Å²) in [6.07, 6.45) is 1.69. The quantitative estimate of drug-likeness (QED) is 0.374. The maximum atomic E-state index is 12.6. The molecule has 0 bridgehead atoms. The first-order chi connectivity index (χ1) is 14.4. The molecule has 0 saturated heterocycles. The molecule has 0 spiro atoms. The van der Waals surface area contributed by atoms with Crippen molar-refractivity contribution in [1.82, 2.24) is 14.8 Å². The van der Waals surface area contributed by atoms with Gasteiger partial charge in [0.25, 0.3) is 5.69 Å². The summed E-state index contributed by atoms with van der Waals surface area (Å²) < 4.78 is 1.53. The Labute approximate surface area is 176 Å². The third-order valence-electron chi connectivity index (χ3n) is 4.62. The maximum Gasteiger partial charge on any atom is 0.271 e. The van der Waals surface area contributed by atoms with Gasteiger partial charge in [0.05, 0.1) is 21.3 Å². The minimum Gasteiger partial charge on any atom is -0.323 e. The Morgan fingerprint density at radius 1 is 1.20 bits per heavy atom. The number of aryl methyl sites for hydroxylation is 1. The number of halogens is 1. The van der Waals surface area contributed by atoms with Gasteiger partial charge in [-0.2, -0.15) is 5.10 Å². The predicted molar refractivity (Wildman–Crippen MR) is 114 cm³/mol. The first kappa shape index (κ1) is 19.5. The van der Waals surface area contributed by atoms with Gasteiger partial charge in [0.15, 0.2) is 5.65 Å². The molecule has 4 rings (SSSR count). The Bertz CT molecular complexity index is 1270. The first-order valence-corrected chi connectivity index (χ1v) is 9.43. The number of carbonyl (C=O) groups is 1. The van der Waals surface area contributed by atoms with Crippen LogP contribution in [0.5, 0.6) is 0 Å². The standard InChI is InChI=1S/C21H16ClN5O3/c1-13-20-16(14-5-3-2-4-6-14)9-10-23-21(20)26(25-13)12-19(28)24-18-8-7-15(27(29)30)11-17(18)22/h2-11H,12H2,1H3,(H,24,28). The minimum absolute atomic E-state index is 0.0805. The number of carbonyl (C=O) groups excluding carboxylic acids is 1. The van der Waals surface area contributed by atoms with Crippen molar-refractivity contribution >= 4 is 39.9 Å². The number of rotatable bonds is 5. The third kappa shape index (κ3) is 3.72. The van der Waals surface area contributed by atoms with Gasteiger partial charge in [0.2, 0.25) is 5.91 Å². The highest BCUT2D eigenvalue weighted by atomic mass is 35.5. The second-order valence-electron chi connectivity index (χ2n) is 6.64. The van der Waals surface area contributed by atoms with E-state index < -0.39 is 4.92 Å². The van der Waals surface area contributed by atoms with E-state index >= 15 is 0 Å². The molecule has 150 valence electrons. The lowest BCUT2D eigenvalue weighted by Crippen LogP contribution is -2.20. The van der Waals surface area contributed by atoms with E-state index in [9.17, 15) is 14.9 Å². The summed E-state index contributed by atoms with van der Waals surface area (Å²) in [6.45, 7) is 1.79. The van der Waals surface area contributed by atoms with E-state index in [4.69, 9.17) is 11.6 Å². The normalized spacial score (nSPS) is 10.9. The molecule has 0 aliphatic heterocycles. The van der Waals surface area contributed by atoms with Gasteiger partial charge in [-0.3, -0.25) is 14.9 Å². The number of hydrogen-bond acceptors (Lipinski definition) is 5. The first-order valence-electron chi connectivity index (χ1n) is 9.05. The van der Waals surface area contributed by atoms with Crippen LogP contribution in [0.25, 0.3) is 22.2 Å². The number of pyridine rings is 1. The van der Waals surface area contributed by atoms with Crippen LogP contribution < -0.4 is 5.32 Å². The SMILES string of the molecule is Cc1nn(CC(=O)Nc2ccc([N+](=O)[O-])cc2Cl)c2nccc(-c3ccccc3)c12. The van der Waals surface area contributed by atoms with Gasteiger partial charge in [-0.1, -0.05) is 41.9 Å². The highest BCUT2D eigenvalue weighted by Crippen LogP contribution is 2.30. The Kier molecular flexibility index (Phi) is 5.16. The Hall–Kier alpha value is -3.78. The van der Waals surface area contributed by atoms with E-state index in [1.807, 2.05) is 43.3 Å². The number of nitro benzene ring substituents is 1. The van der Waals surface area contributed by atoms with Crippen molar-refractivity contribution in [2.75, 3.05) is 5.32 Å². The zero-order valence-electron chi connectivity index (χ0n) is 15.9. The van der Waals surface area contributed by atoms with Crippen LogP contribution in [0.2, 0.25) is 5.02 Å². The van der Waals surface area contributed by atoms with Crippen molar-refractivity contribution in [3.8, 4) is 11.1 Å². The molecule has 30 heavy (non-hydrogen) atoms. The topological polar surface area (TPSA) is 103 Å². The highest BCUT2D eigenvalue weighted by Gasteiger charge is 2.17. The fourth-order valence-electron chi connectivity index (χ4n) is 3.29. The van der Waals surface area contributed by atoms with Crippen molar-refractivity contribution < 1.29 is 9.72 Å². The number of fused-ring (bicyclic) bond motifs is 1. The van der Waals surface area contributed by atoms with E-state index in [1.165, 1.54) is 22.9 Å². The fourth-order valence-corrected chi connectivity index (χ4v) is 3.52. The zero-order chi connectivity index (χ0) is 21.3. The number of nitrogens with zero attached hydrogens (tertiary/aromatic N) is 4. The van der Waals surface area contributed by atoms with Crippen LogP contribution in [-0.4, -0.2) is 25.6 Å². The van der Waals surface area contributed by atoms with Gasteiger partial charge in [-0.25, -0.2) is 9.67 Å². The molecule has 0 radical (unpaired) electrons. The number of hydrogen-bond donors (Lipinski definition) is 1. The summed E-state index contributed by atoms with van der Waals surface area (Å²) in [5.41, 5.74) is 3.53. The Balaban J connectivity index is 1.62. The summed E-state index contributed by atoms with van der Waals surface area (Å²) in [5, 5.41) is 18.9. The monoisotopic (exact) mass is 421 g/mol. The largest absolute Gasteiger partial charge is 0.323 e. The zero-order valence-corrected chi connectivity index (χ0v) is 16.6. The van der Waals surface area contributed by atoms with Crippen LogP contribution in [0.3, 0.4) is 0 Å². The van der Waals surface area contributed by atoms with E-state index in [2.05, 4.69) is 15.4 Å². The van der Waals surface area contributed by atoms with Gasteiger partial charge in [0.1, 0.15) is 6.54 Å². The van der Waals surface area contributed by atoms with Crippen molar-refractivity contribution in [3.63, 3.8) is 0 Å². The van der Waals surface area contributed by atoms with Crippen LogP contribution in [0.1, 0.15) is 5.69 Å². The van der Waals surface area contributed by atoms with E-state index in [0.717, 1.165) is 22.2 Å². The molecule has 0 unspecified atom stereocenters. The number of nitrogens with one attached hydrogen (secondary N) is 1. The molecule has 2 aromatic heterocycles. The van der Waals surface area contributed by atoms with Crippen LogP contribution >= 0.6 is 11.6 Å². The van der Waals surface area contributed by atoms with Crippen molar-refractivity contribution in [2.45, 2.75) is 13.5 Å². The molecule has 1 N–H and O–H groups in total. The molecular formula is C21H16ClN5O3. The number of amides is 1. The summed E-state index contributed by atoms with van der Waals surface area (Å²) in [4.78, 5) is 27.3. The van der Waals surface area contributed by atoms with Gasteiger partial charge in [-0.15, -0.1) is 0 Å². The molecule has 0 aliphatic carbocycles. The van der Waals surface area contributed by atoms with Crippen molar-refractivity contribution in [1.29, 1.82) is 0 Å². The number of non-ortho nitro benzene ring substituents is 1. The second kappa shape index (κ2) is 7.92. The third-order valence-corrected chi connectivity index (χ3v) is 4.94. The lowest BCUT2D eigenvalue weighted by Gasteiger charge is -2.08. The predicted octanol–water partition coefficient (Wildman–Crippen LogP) is 4.61. The second-order valence-corrected chi connectivity index (χ2v) is 7.04. The molecule has 0 saturated carbocycles. The summed E-state index contributed by atoms with van der Waals surface area (Å²) in [6, 6.07) is 15.7. The van der Waals surface area contributed by atoms with Crippen molar-refractivity contribution in [2.24, 2.45) is 0 Å². The summed E-state index contributed by atoms with van der Waals surface area (Å²) in [5.74, 6) is -0.373. The summed E-state index contributed by atoms with van der Waals surface area (Å²) in [7, 11) is 0. The molecule has 4 aromatic rings. The average molecular weight is 422 g/mol. The molecule has 2 aromatic carbocycles. The van der Waals surface area contributed by atoms with Gasteiger partial charge >= 0.3 is 0 Å². The average Bonchev–Trinajstić information content (AvgIpc) is 3.05. The molecule has 0 atom stereocenters. The molecule has 8 nitrogen and oxygen atoms in total. The summed E-state index contributed by atoms with van der Waals surface area (Å²) >= 11 is 6.05. The number of benzene rings is 2. The lowest BCUT2D eigenvalue weighted by molar-refractivity contribution is -0.384. The molecular weight excluding hydrogens is 406 g/mol. The van der Waals surface area contributed by atoms with Crippen molar-refractivity contribution in [3.05, 3.63) is 81.6 Å². The van der Waals surface area contributed by atoms with Crippen LogP contribution in [0.4, 0.5) is 11.4 Å². The van der Waals surface area contributed by atoms with Gasteiger partial charge < -0.3 is 5.32 Å². The minimum atomic E-state index is -0.549. The van der Waals surface area contributed by atoms with E-state index in [1.54, 1.807) is 6.20 Å². The van der Waals surface area contributed by atoms with E-state index in [-0.39, 0.29) is 23.2 Å². The number of aromatic nitrogens is 3. The lowest BCUT2D eigenvalue weighted by atomic mass is 10.0. The van der Waals surface area contributed by atoms with Gasteiger partial charge in [-0.05, 0) is 30.2 Å². The Morgan fingerprint density at radius 2 is 1.97 bits per heavy atom. The Morgan fingerprint density at radius 3 is 2.67 bits per heavy atom. The number of nitro groups is 1. The fraction of sp³-hybridized carbons (Fsp3) is 0.0952. The molecule has 0 fully saturated rings. The van der Waals surface area contributed by atoms with Crippen LogP contribution in [0, 0.1) is 17.0 Å². The highest BCUT2D eigenvalue weighted by molar-refractivity contribution is 6.34. The number of anilines is 1.